The van der Waals surface area contributed by atoms with Crippen molar-refractivity contribution < 1.29 is 45.3 Å². The van der Waals surface area contributed by atoms with Gasteiger partial charge in [0.15, 0.2) is 34.7 Å². The van der Waals surface area contributed by atoms with E-state index in [4.69, 9.17) is 14.2 Å². The quantitative estimate of drug-likeness (QED) is 0.163. The highest BCUT2D eigenvalue weighted by Crippen LogP contribution is 2.37. The maximum Gasteiger partial charge on any atom is 0.314 e. The molecule has 4 rings (SSSR count). The highest BCUT2D eigenvalue weighted by Gasteiger charge is 2.28. The summed E-state index contributed by atoms with van der Waals surface area (Å²) in [6, 6.07) is 6.79. The number of allylic oxidation sites excluding steroid dienone is 2. The van der Waals surface area contributed by atoms with Crippen LogP contribution in [-0.2, 0) is 4.79 Å². The van der Waals surface area contributed by atoms with Crippen molar-refractivity contribution in [1.29, 1.82) is 0 Å². The van der Waals surface area contributed by atoms with Gasteiger partial charge in [0.05, 0.1) is 19.1 Å². The minimum atomic E-state index is -1.55. The highest BCUT2D eigenvalue weighted by molar-refractivity contribution is 5.78. The molecule has 0 fully saturated rings. The fourth-order valence-corrected chi connectivity index (χ4v) is 4.36. The normalized spacial score (nSPS) is 15.1. The van der Waals surface area contributed by atoms with Crippen LogP contribution < -0.4 is 14.2 Å². The molecule has 0 N–H and O–H groups in total. The summed E-state index contributed by atoms with van der Waals surface area (Å²) in [5, 5.41) is 0. The minimum Gasteiger partial charge on any atom is -0.491 e. The van der Waals surface area contributed by atoms with Crippen molar-refractivity contribution in [2.75, 3.05) is 13.2 Å². The second-order valence-electron chi connectivity index (χ2n) is 8.71. The molecule has 3 aromatic rings. The van der Waals surface area contributed by atoms with E-state index < -0.39 is 63.7 Å². The Morgan fingerprint density at radius 2 is 1.15 bits per heavy atom. The number of carbonyl (C=O) groups is 1. The third-order valence-corrected chi connectivity index (χ3v) is 6.33. The molecule has 0 aromatic heterocycles. The molecule has 0 saturated heterocycles. The topological polar surface area (TPSA) is 44.8 Å². The molecule has 39 heavy (non-hydrogen) atoms. The number of ether oxygens (including phenoxy) is 3. The first-order chi connectivity index (χ1) is 18.7. The number of carbonyl (C=O) groups excluding carboxylic acids is 1. The summed E-state index contributed by atoms with van der Waals surface area (Å²) in [6.45, 7) is 3.47. The summed E-state index contributed by atoms with van der Waals surface area (Å²) in [5.41, 5.74) is -0.566. The van der Waals surface area contributed by atoms with E-state index in [1.54, 1.807) is 19.9 Å². The van der Waals surface area contributed by atoms with Crippen LogP contribution in [0.3, 0.4) is 0 Å². The van der Waals surface area contributed by atoms with Gasteiger partial charge in [0.25, 0.3) is 0 Å². The summed E-state index contributed by atoms with van der Waals surface area (Å²) >= 11 is 0. The van der Waals surface area contributed by atoms with E-state index in [9.17, 15) is 31.1 Å². The Morgan fingerprint density at radius 3 is 1.64 bits per heavy atom. The highest BCUT2D eigenvalue weighted by atomic mass is 19.2. The molecule has 1 aliphatic carbocycles. The van der Waals surface area contributed by atoms with Crippen molar-refractivity contribution >= 4 is 11.5 Å². The summed E-state index contributed by atoms with van der Waals surface area (Å²) in [6.07, 6.45) is 2.07. The lowest BCUT2D eigenvalue weighted by Gasteiger charge is -2.21. The number of hydrogen-bond donors (Lipinski definition) is 0. The molecule has 0 spiro atoms. The molecule has 1 atom stereocenters. The zero-order chi connectivity index (χ0) is 28.3. The molecular formula is C29H24F6O4. The Hall–Kier alpha value is -3.95. The predicted molar refractivity (Wildman–Crippen MR) is 131 cm³/mol. The Labute approximate surface area is 220 Å². The minimum absolute atomic E-state index is 0.0458. The van der Waals surface area contributed by atoms with Crippen molar-refractivity contribution in [3.05, 3.63) is 82.9 Å². The van der Waals surface area contributed by atoms with Crippen molar-refractivity contribution in [1.82, 2.24) is 0 Å². The van der Waals surface area contributed by atoms with Crippen LogP contribution in [0.25, 0.3) is 16.7 Å². The molecule has 4 nitrogen and oxygen atoms in total. The second kappa shape index (κ2) is 11.8. The standard InChI is InChI=1S/C29H24F6O4/c1-3-37-20-12-9-17(23(30)26(20)33)15-5-7-16(8-6-15)29(36)39-22-14-11-19(25(32)28(22)35)18-10-13-21(38-4-2)27(34)24(18)31/h5,9-14,16H,3-4,6-8H2,1-2H3. The van der Waals surface area contributed by atoms with Gasteiger partial charge >= 0.3 is 5.97 Å². The second-order valence-corrected chi connectivity index (χ2v) is 8.71. The van der Waals surface area contributed by atoms with Crippen LogP contribution in [0.15, 0.2) is 42.5 Å². The van der Waals surface area contributed by atoms with Gasteiger partial charge in [-0.05, 0) is 75.1 Å². The lowest BCUT2D eigenvalue weighted by molar-refractivity contribution is -0.139. The van der Waals surface area contributed by atoms with Crippen LogP contribution in [0.4, 0.5) is 26.3 Å². The van der Waals surface area contributed by atoms with Gasteiger partial charge in [-0.15, -0.1) is 0 Å². The average molecular weight is 550 g/mol. The molecule has 0 radical (unpaired) electrons. The largest absolute Gasteiger partial charge is 0.491 e. The van der Waals surface area contributed by atoms with E-state index >= 15 is 0 Å². The predicted octanol–water partition coefficient (Wildman–Crippen LogP) is 7.77. The van der Waals surface area contributed by atoms with Crippen LogP contribution in [-0.4, -0.2) is 19.2 Å². The maximum atomic E-state index is 14.8. The molecule has 1 unspecified atom stereocenters. The van der Waals surface area contributed by atoms with Crippen LogP contribution in [0.2, 0.25) is 0 Å². The van der Waals surface area contributed by atoms with E-state index in [-0.39, 0.29) is 49.5 Å². The first-order valence-electron chi connectivity index (χ1n) is 12.3. The molecule has 0 heterocycles. The molecule has 3 aromatic carbocycles. The first-order valence-corrected chi connectivity index (χ1v) is 12.3. The molecular weight excluding hydrogens is 526 g/mol. The molecule has 10 heteroatoms. The van der Waals surface area contributed by atoms with E-state index in [1.807, 2.05) is 0 Å². The van der Waals surface area contributed by atoms with Gasteiger partial charge < -0.3 is 14.2 Å². The Kier molecular flexibility index (Phi) is 8.52. The summed E-state index contributed by atoms with van der Waals surface area (Å²) < 4.78 is 102. The van der Waals surface area contributed by atoms with Gasteiger partial charge in [-0.1, -0.05) is 6.08 Å². The SMILES string of the molecule is CCOc1ccc(C2=CCC(C(=O)Oc3ccc(-c4ccc(OCC)c(F)c4F)c(F)c3F)CC2)c(F)c1F. The number of halogens is 6. The molecule has 0 saturated carbocycles. The zero-order valence-corrected chi connectivity index (χ0v) is 21.1. The van der Waals surface area contributed by atoms with Gasteiger partial charge in [-0.2, -0.15) is 13.2 Å². The maximum absolute atomic E-state index is 14.8. The molecule has 206 valence electrons. The van der Waals surface area contributed by atoms with Crippen LogP contribution in [0, 0.1) is 40.8 Å². The summed E-state index contributed by atoms with van der Waals surface area (Å²) in [4.78, 5) is 12.6. The monoisotopic (exact) mass is 550 g/mol. The molecule has 0 bridgehead atoms. The fourth-order valence-electron chi connectivity index (χ4n) is 4.36. The van der Waals surface area contributed by atoms with Crippen molar-refractivity contribution in [3.63, 3.8) is 0 Å². The Balaban J connectivity index is 1.49. The van der Waals surface area contributed by atoms with Crippen molar-refractivity contribution in [2.24, 2.45) is 5.92 Å². The smallest absolute Gasteiger partial charge is 0.314 e. The number of esters is 1. The van der Waals surface area contributed by atoms with Crippen LogP contribution >= 0.6 is 0 Å². The lowest BCUT2D eigenvalue weighted by Crippen LogP contribution is -2.23. The van der Waals surface area contributed by atoms with E-state index in [1.165, 1.54) is 12.1 Å². The molecule has 0 amide bonds. The van der Waals surface area contributed by atoms with Gasteiger partial charge in [0, 0.05) is 16.7 Å². The van der Waals surface area contributed by atoms with E-state index in [0.29, 0.717) is 5.57 Å². The van der Waals surface area contributed by atoms with Crippen LogP contribution in [0.1, 0.15) is 38.7 Å². The van der Waals surface area contributed by atoms with E-state index in [0.717, 1.165) is 24.3 Å². The van der Waals surface area contributed by atoms with Crippen molar-refractivity contribution in [3.8, 4) is 28.4 Å². The summed E-state index contributed by atoms with van der Waals surface area (Å²) in [7, 11) is 0. The average Bonchev–Trinajstić information content (AvgIpc) is 2.93. The third-order valence-electron chi connectivity index (χ3n) is 6.33. The fraction of sp³-hybridized carbons (Fsp3) is 0.276. The van der Waals surface area contributed by atoms with Gasteiger partial charge in [-0.25, -0.2) is 13.2 Å². The van der Waals surface area contributed by atoms with Gasteiger partial charge in [0.2, 0.25) is 17.5 Å². The van der Waals surface area contributed by atoms with Crippen molar-refractivity contribution in [2.45, 2.75) is 33.1 Å². The van der Waals surface area contributed by atoms with Gasteiger partial charge in [0.1, 0.15) is 0 Å². The summed E-state index contributed by atoms with van der Waals surface area (Å²) in [5.74, 6) is -10.9. The molecule has 0 aliphatic heterocycles. The zero-order valence-electron chi connectivity index (χ0n) is 21.1. The lowest BCUT2D eigenvalue weighted by atomic mass is 9.86. The Bertz CT molecular complexity index is 1440. The Morgan fingerprint density at radius 1 is 0.692 bits per heavy atom. The number of rotatable bonds is 8. The first kappa shape index (κ1) is 28.1. The molecule has 1 aliphatic rings. The number of hydrogen-bond acceptors (Lipinski definition) is 4. The third kappa shape index (κ3) is 5.60. The number of benzene rings is 3. The van der Waals surface area contributed by atoms with E-state index in [2.05, 4.69) is 0 Å². The van der Waals surface area contributed by atoms with Gasteiger partial charge in [-0.3, -0.25) is 4.79 Å². The van der Waals surface area contributed by atoms with Crippen LogP contribution in [0.5, 0.6) is 17.2 Å².